The van der Waals surface area contributed by atoms with Crippen molar-refractivity contribution in [1.29, 1.82) is 5.26 Å². The van der Waals surface area contributed by atoms with E-state index in [-0.39, 0.29) is 17.5 Å². The number of nitrogens with two attached hydrogens (primary N) is 1. The Hall–Kier alpha value is -2.46. The van der Waals surface area contributed by atoms with E-state index in [1.54, 1.807) is 32.2 Å². The summed E-state index contributed by atoms with van der Waals surface area (Å²) in [6.45, 7) is 3.53. The molecule has 3 N–H and O–H groups in total. The first-order chi connectivity index (χ1) is 10.0. The first-order valence-electron chi connectivity index (χ1n) is 6.15. The molecule has 7 heteroatoms. The van der Waals surface area contributed by atoms with Crippen molar-refractivity contribution in [3.63, 3.8) is 0 Å². The van der Waals surface area contributed by atoms with E-state index in [1.807, 2.05) is 6.07 Å². The van der Waals surface area contributed by atoms with Crippen LogP contribution in [0.5, 0.6) is 0 Å². The zero-order valence-electron chi connectivity index (χ0n) is 11.6. The molecular weight excluding hydrogens is 288 g/mol. The van der Waals surface area contributed by atoms with Crippen LogP contribution in [0.25, 0.3) is 0 Å². The minimum atomic E-state index is -0.248. The van der Waals surface area contributed by atoms with E-state index < -0.39 is 0 Å². The largest absolute Gasteiger partial charge is 0.444 e. The Kier molecular flexibility index (Phi) is 4.50. The Balaban J connectivity index is 1.98. The molecule has 0 radical (unpaired) electrons. The summed E-state index contributed by atoms with van der Waals surface area (Å²) in [5.41, 5.74) is 6.59. The van der Waals surface area contributed by atoms with Crippen molar-refractivity contribution in [3.05, 3.63) is 35.2 Å². The number of nitriles is 1. The predicted molar refractivity (Wildman–Crippen MR) is 80.9 cm³/mol. The minimum Gasteiger partial charge on any atom is -0.444 e. The zero-order valence-corrected chi connectivity index (χ0v) is 12.5. The first kappa shape index (κ1) is 14.9. The number of amides is 1. The highest BCUT2D eigenvalue weighted by Crippen LogP contribution is 2.26. The van der Waals surface area contributed by atoms with Gasteiger partial charge in [-0.15, -0.1) is 11.8 Å². The van der Waals surface area contributed by atoms with Gasteiger partial charge in [-0.2, -0.15) is 5.26 Å². The fraction of sp³-hybridized carbons (Fsp3) is 0.214. The number of aryl methyl sites for hydroxylation is 1. The summed E-state index contributed by atoms with van der Waals surface area (Å²) in [6, 6.07) is 5.50. The van der Waals surface area contributed by atoms with Gasteiger partial charge < -0.3 is 10.2 Å². The third-order valence-electron chi connectivity index (χ3n) is 2.88. The van der Waals surface area contributed by atoms with Crippen molar-refractivity contribution >= 4 is 29.4 Å². The maximum absolute atomic E-state index is 11.9. The predicted octanol–water partition coefficient (Wildman–Crippen LogP) is 2.48. The topological polar surface area (TPSA) is 105 Å². The summed E-state index contributed by atoms with van der Waals surface area (Å²) in [5.74, 6) is 1.20. The summed E-state index contributed by atoms with van der Waals surface area (Å²) in [5, 5.41) is 11.7. The van der Waals surface area contributed by atoms with E-state index in [2.05, 4.69) is 10.3 Å². The lowest BCUT2D eigenvalue weighted by Crippen LogP contribution is -2.14. The summed E-state index contributed by atoms with van der Waals surface area (Å²) in [4.78, 5) is 16.7. The van der Waals surface area contributed by atoms with Crippen molar-refractivity contribution < 1.29 is 9.21 Å². The van der Waals surface area contributed by atoms with Crippen molar-refractivity contribution in [2.45, 2.75) is 18.7 Å². The van der Waals surface area contributed by atoms with Gasteiger partial charge in [-0.1, -0.05) is 0 Å². The molecular formula is C14H14N4O2S. The molecule has 21 heavy (non-hydrogen) atoms. The lowest BCUT2D eigenvalue weighted by molar-refractivity contribution is -0.113. The molecule has 6 nitrogen and oxygen atoms in total. The van der Waals surface area contributed by atoms with Gasteiger partial charge in [0, 0.05) is 16.7 Å². The van der Waals surface area contributed by atoms with Crippen LogP contribution >= 0.6 is 11.8 Å². The maximum atomic E-state index is 11.9. The number of nitrogens with zero attached hydrogens (tertiary/aromatic N) is 2. The summed E-state index contributed by atoms with van der Waals surface area (Å²) >= 11 is 1.33. The van der Waals surface area contributed by atoms with Crippen molar-refractivity contribution in [1.82, 2.24) is 4.98 Å². The molecule has 0 aromatic carbocycles. The maximum Gasteiger partial charge on any atom is 0.237 e. The standard InChI is InChI=1S/C14H14N4O2S/c1-8-9(2)20-14(11(8)5-15)18-13(19)7-21-10-3-4-12(16)17-6-10/h3-4,6H,7H2,1-2H3,(H2,16,17)(H,18,19). The number of thioether (sulfide) groups is 1. The number of aromatic nitrogens is 1. The Bertz CT molecular complexity index is 701. The Morgan fingerprint density at radius 2 is 2.29 bits per heavy atom. The number of furan rings is 1. The van der Waals surface area contributed by atoms with Gasteiger partial charge in [0.2, 0.25) is 11.8 Å². The van der Waals surface area contributed by atoms with Gasteiger partial charge >= 0.3 is 0 Å². The van der Waals surface area contributed by atoms with E-state index in [1.165, 1.54) is 11.8 Å². The molecule has 108 valence electrons. The van der Waals surface area contributed by atoms with Crippen LogP contribution < -0.4 is 11.1 Å². The second kappa shape index (κ2) is 6.33. The molecule has 0 saturated heterocycles. The van der Waals surface area contributed by atoms with E-state index >= 15 is 0 Å². The first-order valence-corrected chi connectivity index (χ1v) is 7.14. The molecule has 0 bridgehead atoms. The number of nitrogen functional groups attached to an aromatic ring is 1. The lowest BCUT2D eigenvalue weighted by Gasteiger charge is -2.03. The van der Waals surface area contributed by atoms with E-state index in [0.29, 0.717) is 17.1 Å². The second-order valence-electron chi connectivity index (χ2n) is 4.35. The number of nitrogens with one attached hydrogen (secondary N) is 1. The van der Waals surface area contributed by atoms with Gasteiger partial charge in [0.15, 0.2) is 0 Å². The van der Waals surface area contributed by atoms with Crippen molar-refractivity contribution in [2.75, 3.05) is 16.8 Å². The van der Waals surface area contributed by atoms with Gasteiger partial charge in [0.05, 0.1) is 5.75 Å². The number of rotatable bonds is 4. The molecule has 0 saturated carbocycles. The Morgan fingerprint density at radius 3 is 2.90 bits per heavy atom. The lowest BCUT2D eigenvalue weighted by atomic mass is 10.2. The van der Waals surface area contributed by atoms with Crippen molar-refractivity contribution in [3.8, 4) is 6.07 Å². The molecule has 0 aliphatic rings. The molecule has 2 aromatic heterocycles. The third-order valence-corrected chi connectivity index (χ3v) is 3.86. The van der Waals surface area contributed by atoms with Gasteiger partial charge in [-0.05, 0) is 26.0 Å². The van der Waals surface area contributed by atoms with Crippen LogP contribution in [0.4, 0.5) is 11.7 Å². The molecule has 0 atom stereocenters. The molecule has 0 fully saturated rings. The van der Waals surface area contributed by atoms with Crippen molar-refractivity contribution in [2.24, 2.45) is 0 Å². The van der Waals surface area contributed by atoms with Crippen LogP contribution in [-0.2, 0) is 4.79 Å². The molecule has 1 amide bonds. The SMILES string of the molecule is Cc1oc(NC(=O)CSc2ccc(N)nc2)c(C#N)c1C. The second-order valence-corrected chi connectivity index (χ2v) is 5.40. The van der Waals surface area contributed by atoms with Gasteiger partial charge in [0.25, 0.3) is 0 Å². The number of hydrogen-bond donors (Lipinski definition) is 2. The minimum absolute atomic E-state index is 0.190. The third kappa shape index (κ3) is 3.55. The summed E-state index contributed by atoms with van der Waals surface area (Å²) < 4.78 is 5.38. The number of anilines is 2. The molecule has 0 aliphatic heterocycles. The average molecular weight is 302 g/mol. The highest BCUT2D eigenvalue weighted by Gasteiger charge is 2.16. The summed E-state index contributed by atoms with van der Waals surface area (Å²) in [6.07, 6.45) is 1.61. The number of hydrogen-bond acceptors (Lipinski definition) is 6. The normalized spacial score (nSPS) is 10.1. The molecule has 0 aliphatic carbocycles. The smallest absolute Gasteiger partial charge is 0.237 e. The van der Waals surface area contributed by atoms with Crippen LogP contribution in [0, 0.1) is 25.2 Å². The average Bonchev–Trinajstić information content (AvgIpc) is 2.72. The number of pyridine rings is 1. The molecule has 2 aromatic rings. The Morgan fingerprint density at radius 1 is 1.52 bits per heavy atom. The van der Waals surface area contributed by atoms with Crippen LogP contribution in [0.2, 0.25) is 0 Å². The van der Waals surface area contributed by atoms with Gasteiger partial charge in [0.1, 0.15) is 23.2 Å². The van der Waals surface area contributed by atoms with Crippen LogP contribution in [0.1, 0.15) is 16.9 Å². The number of carbonyl (C=O) groups is 1. The Labute approximate surface area is 126 Å². The van der Waals surface area contributed by atoms with E-state index in [4.69, 9.17) is 15.4 Å². The number of carbonyl (C=O) groups excluding carboxylic acids is 1. The van der Waals surface area contributed by atoms with E-state index in [9.17, 15) is 4.79 Å². The quantitative estimate of drug-likeness (QED) is 0.841. The molecule has 0 unspecified atom stereocenters. The fourth-order valence-corrected chi connectivity index (χ4v) is 2.30. The van der Waals surface area contributed by atoms with Crippen LogP contribution in [0.15, 0.2) is 27.6 Å². The highest BCUT2D eigenvalue weighted by atomic mass is 32.2. The fourth-order valence-electron chi connectivity index (χ4n) is 1.64. The molecule has 0 spiro atoms. The molecule has 2 rings (SSSR count). The van der Waals surface area contributed by atoms with Gasteiger partial charge in [-0.3, -0.25) is 10.1 Å². The van der Waals surface area contributed by atoms with Crippen LogP contribution in [0.3, 0.4) is 0 Å². The zero-order chi connectivity index (χ0) is 15.4. The van der Waals surface area contributed by atoms with Gasteiger partial charge in [-0.25, -0.2) is 4.98 Å². The molecule has 2 heterocycles. The monoisotopic (exact) mass is 302 g/mol. The van der Waals surface area contributed by atoms with E-state index in [0.717, 1.165) is 10.5 Å². The summed E-state index contributed by atoms with van der Waals surface area (Å²) in [7, 11) is 0. The van der Waals surface area contributed by atoms with Crippen LogP contribution in [-0.4, -0.2) is 16.6 Å². The highest BCUT2D eigenvalue weighted by molar-refractivity contribution is 8.00.